The molecule has 1 fully saturated rings. The van der Waals surface area contributed by atoms with Gasteiger partial charge in [0.05, 0.1) is 23.7 Å². The third kappa shape index (κ3) is 6.54. The lowest BCUT2D eigenvalue weighted by Gasteiger charge is -2.25. The highest BCUT2D eigenvalue weighted by Gasteiger charge is 2.39. The van der Waals surface area contributed by atoms with E-state index in [1.54, 1.807) is 0 Å². The molecule has 0 amide bonds. The van der Waals surface area contributed by atoms with Crippen molar-refractivity contribution in [1.29, 1.82) is 0 Å². The first-order chi connectivity index (χ1) is 8.87. The van der Waals surface area contributed by atoms with Crippen molar-refractivity contribution < 1.29 is 18.3 Å². The van der Waals surface area contributed by atoms with Crippen molar-refractivity contribution in [1.82, 2.24) is 5.32 Å². The summed E-state index contributed by atoms with van der Waals surface area (Å²) in [5.41, 5.74) is -0.493. The highest BCUT2D eigenvalue weighted by atomic mass is 32.2. The Labute approximate surface area is 120 Å². The molecule has 0 aliphatic carbocycles. The van der Waals surface area contributed by atoms with E-state index in [2.05, 4.69) is 5.32 Å². The number of aliphatic hydroxyl groups excluding tert-OH is 1. The number of aliphatic hydroxyl groups is 1. The van der Waals surface area contributed by atoms with Gasteiger partial charge in [-0.25, -0.2) is 8.42 Å². The minimum atomic E-state index is -2.94. The number of thiocarbonyl (C=S) groups is 1. The van der Waals surface area contributed by atoms with Crippen molar-refractivity contribution in [3.8, 4) is 0 Å². The summed E-state index contributed by atoms with van der Waals surface area (Å²) in [6.45, 7) is 2.61. The van der Waals surface area contributed by atoms with E-state index in [0.717, 1.165) is 25.7 Å². The summed E-state index contributed by atoms with van der Waals surface area (Å²) in [7, 11) is -2.94. The van der Waals surface area contributed by atoms with Crippen molar-refractivity contribution in [2.24, 2.45) is 0 Å². The predicted octanol–water partition coefficient (Wildman–Crippen LogP) is 1.01. The Hall–Kier alpha value is -0.400. The van der Waals surface area contributed by atoms with Gasteiger partial charge in [-0.05, 0) is 44.8 Å². The van der Waals surface area contributed by atoms with E-state index in [9.17, 15) is 8.42 Å². The molecule has 0 aromatic heterocycles. The molecule has 1 saturated heterocycles. The smallest absolute Gasteiger partial charge is 0.257 e. The second-order valence-electron chi connectivity index (χ2n) is 5.30. The van der Waals surface area contributed by atoms with Crippen molar-refractivity contribution in [3.63, 3.8) is 0 Å². The first-order valence-corrected chi connectivity index (χ1v) is 8.86. The van der Waals surface area contributed by atoms with Crippen molar-refractivity contribution in [2.75, 3.05) is 24.7 Å². The summed E-state index contributed by atoms with van der Waals surface area (Å²) in [6, 6.07) is 0. The van der Waals surface area contributed by atoms with Crippen LogP contribution in [0.5, 0.6) is 0 Å². The van der Waals surface area contributed by atoms with Gasteiger partial charge in [0.1, 0.15) is 0 Å². The molecule has 0 spiro atoms. The van der Waals surface area contributed by atoms with Crippen LogP contribution in [0.4, 0.5) is 0 Å². The Morgan fingerprint density at radius 1 is 1.37 bits per heavy atom. The number of rotatable bonds is 7. The van der Waals surface area contributed by atoms with Crippen molar-refractivity contribution in [3.05, 3.63) is 0 Å². The molecular weight excluding hydrogens is 286 g/mol. The number of hydrogen-bond donors (Lipinski definition) is 2. The van der Waals surface area contributed by atoms with E-state index >= 15 is 0 Å². The van der Waals surface area contributed by atoms with E-state index in [-0.39, 0.29) is 23.3 Å². The van der Waals surface area contributed by atoms with E-state index in [1.807, 2.05) is 6.92 Å². The SMILES string of the molecule is C[C@]1(NC(=S)OCCCCCCO)CCS(=O)(=O)C1. The number of nitrogens with one attached hydrogen (secondary N) is 1. The molecule has 1 rings (SSSR count). The van der Waals surface area contributed by atoms with E-state index in [0.29, 0.717) is 13.0 Å². The van der Waals surface area contributed by atoms with Gasteiger partial charge in [0.2, 0.25) is 0 Å². The molecule has 0 aromatic rings. The first kappa shape index (κ1) is 16.7. The molecular formula is C12H23NO4S2. The fourth-order valence-corrected chi connectivity index (χ4v) is 4.55. The van der Waals surface area contributed by atoms with Crippen LogP contribution in [0.2, 0.25) is 0 Å². The monoisotopic (exact) mass is 309 g/mol. The zero-order chi connectivity index (χ0) is 14.4. The molecule has 0 saturated carbocycles. The van der Waals surface area contributed by atoms with Crippen LogP contribution in [0.3, 0.4) is 0 Å². The second-order valence-corrected chi connectivity index (χ2v) is 7.86. The molecule has 0 bridgehead atoms. The van der Waals surface area contributed by atoms with Gasteiger partial charge in [0.15, 0.2) is 9.84 Å². The topological polar surface area (TPSA) is 75.6 Å². The Kier molecular flexibility index (Phi) is 6.49. The van der Waals surface area contributed by atoms with Gasteiger partial charge in [0.25, 0.3) is 5.17 Å². The van der Waals surface area contributed by atoms with Crippen molar-refractivity contribution >= 4 is 27.2 Å². The van der Waals surface area contributed by atoms with Crippen LogP contribution in [0.25, 0.3) is 0 Å². The van der Waals surface area contributed by atoms with Gasteiger partial charge in [0, 0.05) is 6.61 Å². The molecule has 1 aliphatic rings. The predicted molar refractivity (Wildman–Crippen MR) is 78.9 cm³/mol. The largest absolute Gasteiger partial charge is 0.471 e. The molecule has 1 aliphatic heterocycles. The number of sulfone groups is 1. The first-order valence-electron chi connectivity index (χ1n) is 6.63. The highest BCUT2D eigenvalue weighted by Crippen LogP contribution is 2.22. The standard InChI is InChI=1S/C12H23NO4S2/c1-12(6-9-19(15,16)10-12)13-11(18)17-8-5-3-2-4-7-14/h14H,2-10H2,1H3,(H,13,18)/t12-/m0/s1. The van der Waals surface area contributed by atoms with Gasteiger partial charge < -0.3 is 15.2 Å². The molecule has 112 valence electrons. The molecule has 2 N–H and O–H groups in total. The van der Waals surface area contributed by atoms with Crippen LogP contribution in [0, 0.1) is 0 Å². The average molecular weight is 309 g/mol. The normalized spacial score (nSPS) is 25.2. The Morgan fingerprint density at radius 3 is 2.63 bits per heavy atom. The van der Waals surface area contributed by atoms with Gasteiger partial charge in [-0.3, -0.25) is 0 Å². The number of ether oxygens (including phenoxy) is 1. The van der Waals surface area contributed by atoms with Gasteiger partial charge >= 0.3 is 0 Å². The van der Waals surface area contributed by atoms with Crippen molar-refractivity contribution in [2.45, 2.75) is 44.6 Å². The second kappa shape index (κ2) is 7.40. The molecule has 0 aromatic carbocycles. The maximum Gasteiger partial charge on any atom is 0.257 e. The van der Waals surface area contributed by atoms with Gasteiger partial charge in [-0.2, -0.15) is 0 Å². The van der Waals surface area contributed by atoms with Crippen LogP contribution in [0.1, 0.15) is 39.0 Å². The van der Waals surface area contributed by atoms with Crippen LogP contribution in [0.15, 0.2) is 0 Å². The third-order valence-corrected chi connectivity index (χ3v) is 5.32. The number of hydrogen-bond acceptors (Lipinski definition) is 5. The molecule has 19 heavy (non-hydrogen) atoms. The van der Waals surface area contributed by atoms with E-state index in [1.165, 1.54) is 0 Å². The lowest BCUT2D eigenvalue weighted by atomic mass is 10.0. The van der Waals surface area contributed by atoms with Crippen LogP contribution in [-0.2, 0) is 14.6 Å². The lowest BCUT2D eigenvalue weighted by Crippen LogP contribution is -2.47. The van der Waals surface area contributed by atoms with Gasteiger partial charge in [-0.1, -0.05) is 6.42 Å². The maximum absolute atomic E-state index is 11.4. The summed E-state index contributed by atoms with van der Waals surface area (Å²) < 4.78 is 28.3. The minimum absolute atomic E-state index is 0.111. The quantitative estimate of drug-likeness (QED) is 0.540. The lowest BCUT2D eigenvalue weighted by molar-refractivity contribution is 0.261. The van der Waals surface area contributed by atoms with E-state index in [4.69, 9.17) is 22.1 Å². The molecule has 0 radical (unpaired) electrons. The van der Waals surface area contributed by atoms with Crippen LogP contribution in [-0.4, -0.2) is 49.0 Å². The molecule has 5 nitrogen and oxygen atoms in total. The molecule has 0 unspecified atom stereocenters. The number of unbranched alkanes of at least 4 members (excludes halogenated alkanes) is 3. The van der Waals surface area contributed by atoms with Crippen LogP contribution < -0.4 is 5.32 Å². The summed E-state index contributed by atoms with van der Waals surface area (Å²) >= 11 is 5.07. The molecule has 7 heteroatoms. The Bertz CT molecular complexity index is 397. The zero-order valence-corrected chi connectivity index (χ0v) is 13.0. The molecule has 1 atom stereocenters. The summed E-state index contributed by atoms with van der Waals surface area (Å²) in [5.74, 6) is 0.320. The summed E-state index contributed by atoms with van der Waals surface area (Å²) in [6.07, 6.45) is 4.25. The fraction of sp³-hybridized carbons (Fsp3) is 0.917. The molecule has 1 heterocycles. The Balaban J connectivity index is 2.18. The maximum atomic E-state index is 11.4. The highest BCUT2D eigenvalue weighted by molar-refractivity contribution is 7.91. The Morgan fingerprint density at radius 2 is 2.05 bits per heavy atom. The third-order valence-electron chi connectivity index (χ3n) is 3.19. The minimum Gasteiger partial charge on any atom is -0.471 e. The summed E-state index contributed by atoms with van der Waals surface area (Å²) in [4.78, 5) is 0. The van der Waals surface area contributed by atoms with Crippen LogP contribution >= 0.6 is 12.2 Å². The van der Waals surface area contributed by atoms with E-state index < -0.39 is 15.4 Å². The fourth-order valence-electron chi connectivity index (χ4n) is 2.12. The summed E-state index contributed by atoms with van der Waals surface area (Å²) in [5, 5.41) is 11.9. The zero-order valence-electron chi connectivity index (χ0n) is 11.4. The average Bonchev–Trinajstić information content (AvgIpc) is 2.57. The van der Waals surface area contributed by atoms with Gasteiger partial charge in [-0.15, -0.1) is 0 Å².